The van der Waals surface area contributed by atoms with E-state index < -0.39 is 0 Å². The van der Waals surface area contributed by atoms with Crippen LogP contribution >= 0.6 is 11.6 Å². The van der Waals surface area contributed by atoms with Crippen LogP contribution in [0.4, 0.5) is 5.95 Å². The molecule has 0 aliphatic rings. The number of halogens is 1. The van der Waals surface area contributed by atoms with Crippen molar-refractivity contribution in [3.63, 3.8) is 0 Å². The second-order valence-corrected chi connectivity index (χ2v) is 3.10. The Morgan fingerprint density at radius 2 is 2.15 bits per heavy atom. The average molecular weight is 202 g/mol. The Hall–Kier alpha value is -0.870. The van der Waals surface area contributed by atoms with Gasteiger partial charge in [0, 0.05) is 6.54 Å². The minimum absolute atomic E-state index is 0.362. The smallest absolute Gasteiger partial charge is 0.222 e. The summed E-state index contributed by atoms with van der Waals surface area (Å²) in [5.74, 6) is 0.483. The summed E-state index contributed by atoms with van der Waals surface area (Å²) < 4.78 is 0. The number of anilines is 1. The average Bonchev–Trinajstić information content (AvgIpc) is 2.16. The van der Waals surface area contributed by atoms with Gasteiger partial charge in [0.1, 0.15) is 0 Å². The van der Waals surface area contributed by atoms with Crippen molar-refractivity contribution < 1.29 is 5.11 Å². The molecule has 0 amide bonds. The summed E-state index contributed by atoms with van der Waals surface area (Å²) in [6.45, 7) is 2.37. The van der Waals surface area contributed by atoms with Crippen molar-refractivity contribution in [2.24, 2.45) is 0 Å². The molecule has 0 saturated heterocycles. The Labute approximate surface area is 82.0 Å². The van der Waals surface area contributed by atoms with Gasteiger partial charge in [-0.25, -0.2) is 9.97 Å². The Balaban J connectivity index is 2.41. The van der Waals surface area contributed by atoms with Crippen molar-refractivity contribution in [2.45, 2.75) is 19.4 Å². The van der Waals surface area contributed by atoms with E-state index >= 15 is 0 Å². The second-order valence-electron chi connectivity index (χ2n) is 2.67. The molecule has 1 aromatic heterocycles. The molecule has 0 saturated carbocycles. The lowest BCUT2D eigenvalue weighted by atomic mass is 10.3. The normalized spacial score (nSPS) is 12.5. The molecule has 13 heavy (non-hydrogen) atoms. The number of aliphatic hydroxyl groups excluding tert-OH is 1. The van der Waals surface area contributed by atoms with Crippen molar-refractivity contribution >= 4 is 17.5 Å². The Kier molecular flexibility index (Phi) is 3.92. The van der Waals surface area contributed by atoms with Crippen LogP contribution in [0.1, 0.15) is 13.3 Å². The van der Waals surface area contributed by atoms with Crippen LogP contribution < -0.4 is 5.32 Å². The molecule has 0 aliphatic carbocycles. The van der Waals surface area contributed by atoms with E-state index in [1.165, 1.54) is 12.4 Å². The summed E-state index contributed by atoms with van der Waals surface area (Å²) in [5.41, 5.74) is 0. The first-order valence-electron chi connectivity index (χ1n) is 4.12. The second kappa shape index (κ2) is 4.99. The summed E-state index contributed by atoms with van der Waals surface area (Å²) in [7, 11) is 0. The first-order chi connectivity index (χ1) is 6.22. The van der Waals surface area contributed by atoms with E-state index in [4.69, 9.17) is 11.6 Å². The van der Waals surface area contributed by atoms with Gasteiger partial charge in [0.2, 0.25) is 5.95 Å². The van der Waals surface area contributed by atoms with Gasteiger partial charge in [-0.1, -0.05) is 18.5 Å². The van der Waals surface area contributed by atoms with Crippen LogP contribution in [-0.2, 0) is 0 Å². The highest BCUT2D eigenvalue weighted by atomic mass is 35.5. The molecular weight excluding hydrogens is 190 g/mol. The van der Waals surface area contributed by atoms with Gasteiger partial charge in [-0.3, -0.25) is 0 Å². The quantitative estimate of drug-likeness (QED) is 0.772. The van der Waals surface area contributed by atoms with Gasteiger partial charge in [0.15, 0.2) is 0 Å². The lowest BCUT2D eigenvalue weighted by molar-refractivity contribution is 0.183. The van der Waals surface area contributed by atoms with E-state index in [0.29, 0.717) is 23.9 Å². The van der Waals surface area contributed by atoms with Crippen LogP contribution in [0.3, 0.4) is 0 Å². The zero-order valence-corrected chi connectivity index (χ0v) is 8.12. The van der Waals surface area contributed by atoms with Crippen molar-refractivity contribution in [1.82, 2.24) is 9.97 Å². The maximum Gasteiger partial charge on any atom is 0.222 e. The molecule has 0 radical (unpaired) electrons. The first kappa shape index (κ1) is 10.2. The number of nitrogens with one attached hydrogen (secondary N) is 1. The van der Waals surface area contributed by atoms with Gasteiger partial charge in [-0.15, -0.1) is 0 Å². The van der Waals surface area contributed by atoms with Crippen LogP contribution in [0.2, 0.25) is 5.02 Å². The van der Waals surface area contributed by atoms with Crippen LogP contribution in [-0.4, -0.2) is 27.7 Å². The number of nitrogens with zero attached hydrogens (tertiary/aromatic N) is 2. The van der Waals surface area contributed by atoms with E-state index in [2.05, 4.69) is 15.3 Å². The monoisotopic (exact) mass is 201 g/mol. The highest BCUT2D eigenvalue weighted by Gasteiger charge is 2.01. The highest BCUT2D eigenvalue weighted by Crippen LogP contribution is 2.05. The summed E-state index contributed by atoms with van der Waals surface area (Å²) in [4.78, 5) is 7.84. The van der Waals surface area contributed by atoms with Gasteiger partial charge >= 0.3 is 0 Å². The van der Waals surface area contributed by atoms with Gasteiger partial charge in [-0.2, -0.15) is 0 Å². The van der Waals surface area contributed by atoms with Crippen LogP contribution in [0.25, 0.3) is 0 Å². The number of hydrogen-bond donors (Lipinski definition) is 2. The molecule has 5 heteroatoms. The molecule has 2 N–H and O–H groups in total. The molecule has 0 spiro atoms. The van der Waals surface area contributed by atoms with Gasteiger partial charge in [-0.05, 0) is 6.42 Å². The molecule has 0 fully saturated rings. The fraction of sp³-hybridized carbons (Fsp3) is 0.500. The Bertz CT molecular complexity index is 252. The zero-order chi connectivity index (χ0) is 9.68. The number of aromatic nitrogens is 2. The molecule has 1 aromatic rings. The van der Waals surface area contributed by atoms with Crippen molar-refractivity contribution in [2.75, 3.05) is 11.9 Å². The van der Waals surface area contributed by atoms with Crippen LogP contribution in [0.15, 0.2) is 12.4 Å². The fourth-order valence-electron chi connectivity index (χ4n) is 0.757. The summed E-state index contributed by atoms with van der Waals surface area (Å²) in [5, 5.41) is 12.6. The Morgan fingerprint density at radius 1 is 1.54 bits per heavy atom. The maximum atomic E-state index is 9.23. The predicted molar refractivity (Wildman–Crippen MR) is 51.8 cm³/mol. The molecule has 0 bridgehead atoms. The van der Waals surface area contributed by atoms with E-state index in [0.717, 1.165) is 0 Å². The summed E-state index contributed by atoms with van der Waals surface area (Å²) in [6.07, 6.45) is 3.37. The number of aliphatic hydroxyl groups is 1. The third-order valence-electron chi connectivity index (χ3n) is 1.59. The minimum Gasteiger partial charge on any atom is -0.391 e. The standard InChI is InChI=1S/C8H12ClN3O/c1-2-7(13)5-12-8-10-3-6(9)4-11-8/h3-4,7,13H,2,5H2,1H3,(H,10,11,12). The molecular formula is C8H12ClN3O. The molecule has 72 valence electrons. The summed E-state index contributed by atoms with van der Waals surface area (Å²) in [6, 6.07) is 0. The third kappa shape index (κ3) is 3.57. The molecule has 4 nitrogen and oxygen atoms in total. The first-order valence-corrected chi connectivity index (χ1v) is 4.49. The van der Waals surface area contributed by atoms with Gasteiger partial charge in [0.05, 0.1) is 23.5 Å². The van der Waals surface area contributed by atoms with E-state index in [1.807, 2.05) is 6.92 Å². The van der Waals surface area contributed by atoms with Crippen LogP contribution in [0.5, 0.6) is 0 Å². The van der Waals surface area contributed by atoms with Gasteiger partial charge in [0.25, 0.3) is 0 Å². The molecule has 0 aromatic carbocycles. The molecule has 1 rings (SSSR count). The zero-order valence-electron chi connectivity index (χ0n) is 7.37. The van der Waals surface area contributed by atoms with E-state index in [-0.39, 0.29) is 6.10 Å². The fourth-order valence-corrected chi connectivity index (χ4v) is 0.855. The third-order valence-corrected chi connectivity index (χ3v) is 1.78. The summed E-state index contributed by atoms with van der Waals surface area (Å²) >= 11 is 5.60. The lowest BCUT2D eigenvalue weighted by Gasteiger charge is -2.08. The largest absolute Gasteiger partial charge is 0.391 e. The highest BCUT2D eigenvalue weighted by molar-refractivity contribution is 6.30. The topological polar surface area (TPSA) is 58.0 Å². The van der Waals surface area contributed by atoms with Gasteiger partial charge < -0.3 is 10.4 Å². The molecule has 1 unspecified atom stereocenters. The van der Waals surface area contributed by atoms with Crippen molar-refractivity contribution in [3.05, 3.63) is 17.4 Å². The lowest BCUT2D eigenvalue weighted by Crippen LogP contribution is -2.19. The Morgan fingerprint density at radius 3 is 2.69 bits per heavy atom. The molecule has 0 aliphatic heterocycles. The molecule has 1 heterocycles. The number of hydrogen-bond acceptors (Lipinski definition) is 4. The number of rotatable bonds is 4. The SMILES string of the molecule is CCC(O)CNc1ncc(Cl)cn1. The molecule has 1 atom stereocenters. The predicted octanol–water partition coefficient (Wildman–Crippen LogP) is 1.31. The van der Waals surface area contributed by atoms with E-state index in [1.54, 1.807) is 0 Å². The van der Waals surface area contributed by atoms with E-state index in [9.17, 15) is 5.11 Å². The minimum atomic E-state index is -0.362. The van der Waals surface area contributed by atoms with Crippen LogP contribution in [0, 0.1) is 0 Å². The maximum absolute atomic E-state index is 9.23. The van der Waals surface area contributed by atoms with Crippen molar-refractivity contribution in [1.29, 1.82) is 0 Å². The van der Waals surface area contributed by atoms with Crippen molar-refractivity contribution in [3.8, 4) is 0 Å².